The molecule has 0 spiro atoms. The van der Waals surface area contributed by atoms with Crippen LogP contribution in [-0.2, 0) is 13.0 Å². The first-order valence-corrected chi connectivity index (χ1v) is 9.48. The zero-order valence-corrected chi connectivity index (χ0v) is 15.2. The zero-order chi connectivity index (χ0) is 17.8. The smallest absolute Gasteiger partial charge is 0.178 e. The van der Waals surface area contributed by atoms with Crippen LogP contribution >= 0.6 is 0 Å². The fourth-order valence-corrected chi connectivity index (χ4v) is 3.38. The van der Waals surface area contributed by atoms with E-state index in [1.807, 2.05) is 18.3 Å². The lowest BCUT2D eigenvalue weighted by molar-refractivity contribution is 0.726. The van der Waals surface area contributed by atoms with Crippen molar-refractivity contribution in [2.24, 2.45) is 0 Å². The van der Waals surface area contributed by atoms with Gasteiger partial charge in [0.2, 0.25) is 0 Å². The Morgan fingerprint density at radius 2 is 1.88 bits per heavy atom. The summed E-state index contributed by atoms with van der Waals surface area (Å²) < 4.78 is 1.80. The maximum absolute atomic E-state index is 4.60. The minimum Gasteiger partial charge on any atom is -0.365 e. The van der Waals surface area contributed by atoms with E-state index in [0.717, 1.165) is 42.6 Å². The second kappa shape index (κ2) is 7.68. The van der Waals surface area contributed by atoms with E-state index < -0.39 is 0 Å². The molecular weight excluding hydrogens is 326 g/mol. The highest BCUT2D eigenvalue weighted by atomic mass is 15.4. The SMILES string of the molecule is CCc1nnc2ccc(NCc3ccnc(N4CCCCCC4)c3)nn12. The summed E-state index contributed by atoms with van der Waals surface area (Å²) in [6, 6.07) is 8.13. The van der Waals surface area contributed by atoms with Crippen LogP contribution in [0.3, 0.4) is 0 Å². The molecule has 1 N–H and O–H groups in total. The van der Waals surface area contributed by atoms with Crippen LogP contribution < -0.4 is 10.2 Å². The largest absolute Gasteiger partial charge is 0.365 e. The van der Waals surface area contributed by atoms with E-state index in [9.17, 15) is 0 Å². The van der Waals surface area contributed by atoms with Crippen LogP contribution in [0.15, 0.2) is 30.5 Å². The highest BCUT2D eigenvalue weighted by molar-refractivity contribution is 5.46. The van der Waals surface area contributed by atoms with Crippen molar-refractivity contribution in [1.29, 1.82) is 0 Å². The normalized spacial score (nSPS) is 15.2. The number of pyridine rings is 1. The fourth-order valence-electron chi connectivity index (χ4n) is 3.38. The quantitative estimate of drug-likeness (QED) is 0.762. The second-order valence-electron chi connectivity index (χ2n) is 6.74. The van der Waals surface area contributed by atoms with Gasteiger partial charge in [-0.2, -0.15) is 4.52 Å². The summed E-state index contributed by atoms with van der Waals surface area (Å²) >= 11 is 0. The Bertz CT molecular complexity index is 865. The van der Waals surface area contributed by atoms with Gasteiger partial charge in [0.1, 0.15) is 11.6 Å². The molecule has 3 aromatic heterocycles. The molecule has 1 saturated heterocycles. The molecule has 0 saturated carbocycles. The Morgan fingerprint density at radius 3 is 2.69 bits per heavy atom. The molecule has 0 unspecified atom stereocenters. The average Bonchev–Trinajstić information content (AvgIpc) is 2.89. The number of aryl methyl sites for hydroxylation is 1. The van der Waals surface area contributed by atoms with Gasteiger partial charge in [0.05, 0.1) is 0 Å². The van der Waals surface area contributed by atoms with Crippen LogP contribution in [0, 0.1) is 0 Å². The van der Waals surface area contributed by atoms with Crippen LogP contribution in [-0.4, -0.2) is 37.9 Å². The van der Waals surface area contributed by atoms with Gasteiger partial charge in [-0.3, -0.25) is 0 Å². The lowest BCUT2D eigenvalue weighted by Gasteiger charge is -2.21. The van der Waals surface area contributed by atoms with Crippen LogP contribution in [0.2, 0.25) is 0 Å². The second-order valence-corrected chi connectivity index (χ2v) is 6.74. The number of aromatic nitrogens is 5. The van der Waals surface area contributed by atoms with E-state index in [-0.39, 0.29) is 0 Å². The van der Waals surface area contributed by atoms with E-state index in [0.29, 0.717) is 6.54 Å². The van der Waals surface area contributed by atoms with Gasteiger partial charge in [-0.1, -0.05) is 19.8 Å². The Balaban J connectivity index is 1.46. The summed E-state index contributed by atoms with van der Waals surface area (Å²) in [5.74, 6) is 2.78. The first kappa shape index (κ1) is 16.8. The number of hydrogen-bond acceptors (Lipinski definition) is 6. The van der Waals surface area contributed by atoms with Gasteiger partial charge in [-0.15, -0.1) is 15.3 Å². The number of hydrogen-bond donors (Lipinski definition) is 1. The molecule has 26 heavy (non-hydrogen) atoms. The number of nitrogens with one attached hydrogen (secondary N) is 1. The van der Waals surface area contributed by atoms with Crippen molar-refractivity contribution in [3.63, 3.8) is 0 Å². The third-order valence-electron chi connectivity index (χ3n) is 4.86. The lowest BCUT2D eigenvalue weighted by Crippen LogP contribution is -2.25. The molecule has 0 radical (unpaired) electrons. The fraction of sp³-hybridized carbons (Fsp3) is 0.474. The Morgan fingerprint density at radius 1 is 1.04 bits per heavy atom. The van der Waals surface area contributed by atoms with Crippen LogP contribution in [0.25, 0.3) is 5.65 Å². The molecule has 136 valence electrons. The van der Waals surface area contributed by atoms with Crippen LogP contribution in [0.5, 0.6) is 0 Å². The highest BCUT2D eigenvalue weighted by Crippen LogP contribution is 2.19. The molecule has 0 bridgehead atoms. The minimum atomic E-state index is 0.714. The van der Waals surface area contributed by atoms with Gasteiger partial charge < -0.3 is 10.2 Å². The molecule has 0 amide bonds. The van der Waals surface area contributed by atoms with E-state index in [1.54, 1.807) is 4.52 Å². The molecule has 7 heteroatoms. The zero-order valence-electron chi connectivity index (χ0n) is 15.2. The summed E-state index contributed by atoms with van der Waals surface area (Å²) in [6.45, 7) is 4.98. The maximum Gasteiger partial charge on any atom is 0.178 e. The minimum absolute atomic E-state index is 0.714. The summed E-state index contributed by atoms with van der Waals surface area (Å²) in [6.07, 6.45) is 7.88. The standard InChI is InChI=1S/C19H25N7/c1-2-17-22-23-18-8-7-16(24-26(17)18)21-14-15-9-10-20-19(13-15)25-11-5-3-4-6-12-25/h7-10,13H,2-6,11-12,14H2,1H3,(H,21,24). The van der Waals surface area contributed by atoms with Gasteiger partial charge in [-0.25, -0.2) is 4.98 Å². The summed E-state index contributed by atoms with van der Waals surface area (Å²) in [5, 5.41) is 16.3. The number of rotatable bonds is 5. The molecule has 1 aliphatic heterocycles. The van der Waals surface area contributed by atoms with E-state index in [1.165, 1.54) is 31.2 Å². The number of nitrogens with zero attached hydrogens (tertiary/aromatic N) is 6. The van der Waals surface area contributed by atoms with Crippen LogP contribution in [0.1, 0.15) is 44.0 Å². The molecule has 1 fully saturated rings. The van der Waals surface area contributed by atoms with Crippen molar-refractivity contribution in [2.45, 2.75) is 45.6 Å². The van der Waals surface area contributed by atoms with Crippen molar-refractivity contribution in [2.75, 3.05) is 23.3 Å². The molecule has 1 aliphatic rings. The van der Waals surface area contributed by atoms with Crippen molar-refractivity contribution in [3.8, 4) is 0 Å². The Labute approximate surface area is 153 Å². The van der Waals surface area contributed by atoms with E-state index in [4.69, 9.17) is 0 Å². The van der Waals surface area contributed by atoms with Crippen molar-refractivity contribution >= 4 is 17.3 Å². The Hall–Kier alpha value is -2.70. The molecule has 3 aromatic rings. The van der Waals surface area contributed by atoms with Gasteiger partial charge in [0, 0.05) is 32.3 Å². The molecule has 0 aliphatic carbocycles. The monoisotopic (exact) mass is 351 g/mol. The van der Waals surface area contributed by atoms with Gasteiger partial charge in [0.15, 0.2) is 11.5 Å². The molecule has 0 atom stereocenters. The third-order valence-corrected chi connectivity index (χ3v) is 4.86. The number of fused-ring (bicyclic) bond motifs is 1. The van der Waals surface area contributed by atoms with Crippen molar-refractivity contribution < 1.29 is 0 Å². The van der Waals surface area contributed by atoms with Gasteiger partial charge >= 0.3 is 0 Å². The summed E-state index contributed by atoms with van der Waals surface area (Å²) in [5.41, 5.74) is 1.99. The summed E-state index contributed by atoms with van der Waals surface area (Å²) in [7, 11) is 0. The highest BCUT2D eigenvalue weighted by Gasteiger charge is 2.11. The first-order chi connectivity index (χ1) is 12.8. The van der Waals surface area contributed by atoms with Crippen LogP contribution in [0.4, 0.5) is 11.6 Å². The van der Waals surface area contributed by atoms with Gasteiger partial charge in [0.25, 0.3) is 0 Å². The average molecular weight is 351 g/mol. The molecular formula is C19H25N7. The lowest BCUT2D eigenvalue weighted by atomic mass is 10.2. The Kier molecular flexibility index (Phi) is 4.95. The molecule has 4 rings (SSSR count). The van der Waals surface area contributed by atoms with E-state index >= 15 is 0 Å². The topological polar surface area (TPSA) is 71.2 Å². The first-order valence-electron chi connectivity index (χ1n) is 9.48. The molecule has 0 aromatic carbocycles. The van der Waals surface area contributed by atoms with Crippen molar-refractivity contribution in [1.82, 2.24) is 24.8 Å². The summed E-state index contributed by atoms with van der Waals surface area (Å²) in [4.78, 5) is 6.99. The van der Waals surface area contributed by atoms with E-state index in [2.05, 4.69) is 49.6 Å². The maximum atomic E-state index is 4.60. The van der Waals surface area contributed by atoms with Crippen molar-refractivity contribution in [3.05, 3.63) is 41.9 Å². The number of anilines is 2. The third kappa shape index (κ3) is 3.61. The van der Waals surface area contributed by atoms with Gasteiger partial charge in [-0.05, 0) is 42.7 Å². The molecule has 7 nitrogen and oxygen atoms in total. The predicted octanol–water partition coefficient (Wildman–Crippen LogP) is 3.07. The molecule has 4 heterocycles. The predicted molar refractivity (Wildman–Crippen MR) is 102 cm³/mol.